The molecule has 0 radical (unpaired) electrons. The van der Waals surface area contributed by atoms with Crippen LogP contribution in [0.3, 0.4) is 0 Å². The van der Waals surface area contributed by atoms with Crippen molar-refractivity contribution >= 4 is 11.8 Å². The minimum absolute atomic E-state index is 0.223. The number of hydrogen-bond donors (Lipinski definition) is 1. The number of rotatable bonds is 9. The standard InChI is InChI=1S/C25H26N4O2S/c1-18-8-6-9-19(2)23(18)31-16-22(30)17-32-25-28-27-24(21-12-7-13-26-14-21)29(25)15-20-10-4-3-5-11-20/h3-14,22,30H,15-17H2,1-2H3. The maximum Gasteiger partial charge on any atom is 0.191 e. The zero-order valence-electron chi connectivity index (χ0n) is 18.2. The van der Waals surface area contributed by atoms with Gasteiger partial charge in [0.15, 0.2) is 11.0 Å². The molecule has 0 aliphatic heterocycles. The molecule has 6 nitrogen and oxygen atoms in total. The average molecular weight is 447 g/mol. The van der Waals surface area contributed by atoms with Crippen LogP contribution < -0.4 is 4.74 Å². The van der Waals surface area contributed by atoms with Crippen LogP contribution in [0.5, 0.6) is 5.75 Å². The van der Waals surface area contributed by atoms with Gasteiger partial charge in [-0.2, -0.15) is 0 Å². The summed E-state index contributed by atoms with van der Waals surface area (Å²) in [5, 5.41) is 20.1. The first-order valence-electron chi connectivity index (χ1n) is 10.5. The molecule has 2 aromatic heterocycles. The van der Waals surface area contributed by atoms with Crippen molar-refractivity contribution in [2.75, 3.05) is 12.4 Å². The molecule has 4 rings (SSSR count). The van der Waals surface area contributed by atoms with E-state index >= 15 is 0 Å². The number of aliphatic hydroxyl groups excluding tert-OH is 1. The van der Waals surface area contributed by atoms with E-state index in [0.717, 1.165) is 39.0 Å². The minimum atomic E-state index is -0.636. The molecule has 2 heterocycles. The fourth-order valence-electron chi connectivity index (χ4n) is 3.44. The number of ether oxygens (including phenoxy) is 1. The van der Waals surface area contributed by atoms with Gasteiger partial charge in [0, 0.05) is 23.7 Å². The molecule has 1 atom stereocenters. The van der Waals surface area contributed by atoms with Gasteiger partial charge in [0.05, 0.1) is 12.6 Å². The Bertz CT molecular complexity index is 1130. The lowest BCUT2D eigenvalue weighted by molar-refractivity contribution is 0.125. The highest BCUT2D eigenvalue weighted by molar-refractivity contribution is 7.99. The van der Waals surface area contributed by atoms with Crippen LogP contribution in [0.25, 0.3) is 11.4 Å². The van der Waals surface area contributed by atoms with Gasteiger partial charge in [-0.3, -0.25) is 9.55 Å². The molecule has 0 saturated heterocycles. The molecule has 0 bridgehead atoms. The van der Waals surface area contributed by atoms with Crippen LogP contribution in [0.2, 0.25) is 0 Å². The molecule has 7 heteroatoms. The number of para-hydroxylation sites is 1. The second-order valence-corrected chi connectivity index (χ2v) is 8.60. The van der Waals surface area contributed by atoms with E-state index in [2.05, 4.69) is 31.9 Å². The summed E-state index contributed by atoms with van der Waals surface area (Å²) in [6.45, 7) is 4.88. The Morgan fingerprint density at radius 3 is 2.47 bits per heavy atom. The first kappa shape index (κ1) is 22.0. The van der Waals surface area contributed by atoms with E-state index in [4.69, 9.17) is 4.74 Å². The van der Waals surface area contributed by atoms with Crippen molar-refractivity contribution < 1.29 is 9.84 Å². The lowest BCUT2D eigenvalue weighted by Gasteiger charge is -2.16. The third-order valence-electron chi connectivity index (χ3n) is 5.05. The Labute approximate surface area is 192 Å². The molecule has 2 aromatic carbocycles. The van der Waals surface area contributed by atoms with Crippen molar-refractivity contribution in [2.24, 2.45) is 0 Å². The zero-order chi connectivity index (χ0) is 22.3. The largest absolute Gasteiger partial charge is 0.490 e. The Kier molecular flexibility index (Phi) is 7.19. The number of aliphatic hydroxyl groups is 1. The topological polar surface area (TPSA) is 73.1 Å². The molecule has 4 aromatic rings. The van der Waals surface area contributed by atoms with Gasteiger partial charge in [0.1, 0.15) is 12.4 Å². The van der Waals surface area contributed by atoms with Crippen LogP contribution in [0.4, 0.5) is 0 Å². The van der Waals surface area contributed by atoms with Gasteiger partial charge in [-0.25, -0.2) is 0 Å². The van der Waals surface area contributed by atoms with E-state index in [-0.39, 0.29) is 6.61 Å². The predicted molar refractivity (Wildman–Crippen MR) is 127 cm³/mol. The number of benzene rings is 2. The van der Waals surface area contributed by atoms with Crippen molar-refractivity contribution in [1.82, 2.24) is 19.7 Å². The Hall–Kier alpha value is -3.16. The Balaban J connectivity index is 1.47. The van der Waals surface area contributed by atoms with Gasteiger partial charge in [0.2, 0.25) is 0 Å². The SMILES string of the molecule is Cc1cccc(C)c1OCC(O)CSc1nnc(-c2cccnc2)n1Cc1ccccc1. The van der Waals surface area contributed by atoms with E-state index < -0.39 is 6.10 Å². The quantitative estimate of drug-likeness (QED) is 0.381. The van der Waals surface area contributed by atoms with Gasteiger partial charge in [0.25, 0.3) is 0 Å². The first-order valence-corrected chi connectivity index (χ1v) is 11.5. The summed E-state index contributed by atoms with van der Waals surface area (Å²) in [6, 6.07) is 20.1. The molecule has 1 unspecified atom stereocenters. The van der Waals surface area contributed by atoms with Crippen LogP contribution in [0.1, 0.15) is 16.7 Å². The van der Waals surface area contributed by atoms with E-state index in [0.29, 0.717) is 12.3 Å². The van der Waals surface area contributed by atoms with Crippen molar-refractivity contribution in [3.8, 4) is 17.1 Å². The highest BCUT2D eigenvalue weighted by Gasteiger charge is 2.17. The average Bonchev–Trinajstić information content (AvgIpc) is 3.21. The maximum absolute atomic E-state index is 10.5. The molecule has 0 fully saturated rings. The smallest absolute Gasteiger partial charge is 0.191 e. The highest BCUT2D eigenvalue weighted by atomic mass is 32.2. The van der Waals surface area contributed by atoms with Gasteiger partial charge >= 0.3 is 0 Å². The number of aromatic nitrogens is 4. The maximum atomic E-state index is 10.5. The van der Waals surface area contributed by atoms with Gasteiger partial charge in [-0.05, 0) is 42.7 Å². The van der Waals surface area contributed by atoms with Crippen LogP contribution in [0.15, 0.2) is 78.2 Å². The summed E-state index contributed by atoms with van der Waals surface area (Å²) in [6.07, 6.45) is 2.89. The molecule has 0 aliphatic rings. The summed E-state index contributed by atoms with van der Waals surface area (Å²) >= 11 is 1.47. The van der Waals surface area contributed by atoms with Gasteiger partial charge in [-0.1, -0.05) is 60.3 Å². The lowest BCUT2D eigenvalue weighted by Crippen LogP contribution is -2.21. The number of pyridine rings is 1. The van der Waals surface area contributed by atoms with E-state index in [1.54, 1.807) is 12.4 Å². The fourth-order valence-corrected chi connectivity index (χ4v) is 4.28. The van der Waals surface area contributed by atoms with Crippen LogP contribution in [0, 0.1) is 13.8 Å². The molecule has 0 aliphatic carbocycles. The number of aryl methyl sites for hydroxylation is 2. The summed E-state index contributed by atoms with van der Waals surface area (Å²) in [5.41, 5.74) is 4.18. The zero-order valence-corrected chi connectivity index (χ0v) is 19.0. The number of thioether (sulfide) groups is 1. The molecule has 1 N–H and O–H groups in total. The van der Waals surface area contributed by atoms with E-state index in [9.17, 15) is 5.11 Å². The van der Waals surface area contributed by atoms with Gasteiger partial charge < -0.3 is 9.84 Å². The van der Waals surface area contributed by atoms with Crippen molar-refractivity contribution in [1.29, 1.82) is 0 Å². The predicted octanol–water partition coefficient (Wildman–Crippen LogP) is 4.54. The molecular weight excluding hydrogens is 420 g/mol. The van der Waals surface area contributed by atoms with Crippen molar-refractivity contribution in [2.45, 2.75) is 31.7 Å². The van der Waals surface area contributed by atoms with Crippen LogP contribution >= 0.6 is 11.8 Å². The van der Waals surface area contributed by atoms with E-state index in [1.165, 1.54) is 11.8 Å². The first-order chi connectivity index (χ1) is 15.6. The summed E-state index contributed by atoms with van der Waals surface area (Å²) in [5.74, 6) is 2.04. The van der Waals surface area contributed by atoms with Crippen molar-refractivity contribution in [3.05, 3.63) is 89.7 Å². The van der Waals surface area contributed by atoms with Crippen molar-refractivity contribution in [3.63, 3.8) is 0 Å². The van der Waals surface area contributed by atoms with Crippen LogP contribution in [-0.2, 0) is 6.54 Å². The van der Waals surface area contributed by atoms with E-state index in [1.807, 2.05) is 62.4 Å². The highest BCUT2D eigenvalue weighted by Crippen LogP contribution is 2.26. The molecule has 32 heavy (non-hydrogen) atoms. The minimum Gasteiger partial charge on any atom is -0.490 e. The Morgan fingerprint density at radius 1 is 0.969 bits per heavy atom. The molecular formula is C25H26N4O2S. The summed E-state index contributed by atoms with van der Waals surface area (Å²) in [4.78, 5) is 4.22. The lowest BCUT2D eigenvalue weighted by atomic mass is 10.1. The third-order valence-corrected chi connectivity index (χ3v) is 6.17. The normalized spacial score (nSPS) is 12.0. The second-order valence-electron chi connectivity index (χ2n) is 7.62. The number of nitrogens with zero attached hydrogens (tertiary/aromatic N) is 4. The van der Waals surface area contributed by atoms with Crippen LogP contribution in [-0.4, -0.2) is 43.3 Å². The number of hydrogen-bond acceptors (Lipinski definition) is 6. The fraction of sp³-hybridized carbons (Fsp3) is 0.240. The molecule has 0 amide bonds. The summed E-state index contributed by atoms with van der Waals surface area (Å²) < 4.78 is 7.97. The Morgan fingerprint density at radius 2 is 1.75 bits per heavy atom. The molecule has 164 valence electrons. The molecule has 0 saturated carbocycles. The second kappa shape index (κ2) is 10.4. The monoisotopic (exact) mass is 446 g/mol. The summed E-state index contributed by atoms with van der Waals surface area (Å²) in [7, 11) is 0. The molecule has 0 spiro atoms. The van der Waals surface area contributed by atoms with Gasteiger partial charge in [-0.15, -0.1) is 10.2 Å². The third kappa shape index (κ3) is 5.36.